The summed E-state index contributed by atoms with van der Waals surface area (Å²) in [6.07, 6.45) is 1.68. The summed E-state index contributed by atoms with van der Waals surface area (Å²) in [5, 5.41) is 0. The Kier molecular flexibility index (Phi) is 1.73. The van der Waals surface area contributed by atoms with Crippen molar-refractivity contribution in [3.05, 3.63) is 36.3 Å². The van der Waals surface area contributed by atoms with E-state index < -0.39 is 0 Å². The molecule has 1 aromatic carbocycles. The molecule has 0 spiro atoms. The Morgan fingerprint density at radius 1 is 1.23 bits per heavy atom. The molecule has 13 heavy (non-hydrogen) atoms. The lowest BCUT2D eigenvalue weighted by molar-refractivity contribution is 0.628. The number of aromatic nitrogens is 2. The number of H-pyrrole nitrogens is 1. The van der Waals surface area contributed by atoms with Gasteiger partial charge < -0.3 is 10.7 Å². The van der Waals surface area contributed by atoms with Gasteiger partial charge in [0.2, 0.25) is 0 Å². The van der Waals surface area contributed by atoms with E-state index in [2.05, 4.69) is 9.97 Å². The number of hydrogen-bond donors (Lipinski definition) is 2. The van der Waals surface area contributed by atoms with E-state index in [0.29, 0.717) is 5.95 Å². The quantitative estimate of drug-likeness (QED) is 0.697. The lowest BCUT2D eigenvalue weighted by Crippen LogP contribution is -1.85. The normalized spacial score (nSPS) is 10.2. The summed E-state index contributed by atoms with van der Waals surface area (Å²) < 4.78 is 12.6. The molecule has 66 valence electrons. The molecule has 0 fully saturated rings. The molecule has 1 aromatic heterocycles. The largest absolute Gasteiger partial charge is 0.369 e. The second-order valence-corrected chi connectivity index (χ2v) is 2.68. The van der Waals surface area contributed by atoms with Crippen LogP contribution in [0.5, 0.6) is 0 Å². The van der Waals surface area contributed by atoms with Crippen LogP contribution in [-0.2, 0) is 0 Å². The number of aromatic amines is 1. The Balaban J connectivity index is 2.41. The molecular formula is C9H8FN3. The van der Waals surface area contributed by atoms with Crippen molar-refractivity contribution < 1.29 is 4.39 Å². The molecule has 0 saturated carbocycles. The standard InChI is InChI=1S/C9H8FN3/c10-7-3-1-6(2-4-7)8-5-12-9(11)13-8/h1-5H,(H3,11,12,13). The van der Waals surface area contributed by atoms with E-state index in [4.69, 9.17) is 5.73 Å². The Hall–Kier alpha value is -1.84. The summed E-state index contributed by atoms with van der Waals surface area (Å²) >= 11 is 0. The van der Waals surface area contributed by atoms with Crippen LogP contribution in [0.2, 0.25) is 0 Å². The Labute approximate surface area is 74.4 Å². The van der Waals surface area contributed by atoms with E-state index in [-0.39, 0.29) is 5.82 Å². The van der Waals surface area contributed by atoms with Gasteiger partial charge in [-0.3, -0.25) is 0 Å². The minimum absolute atomic E-state index is 0.257. The van der Waals surface area contributed by atoms with Crippen molar-refractivity contribution in [3.8, 4) is 11.3 Å². The maximum atomic E-state index is 12.6. The van der Waals surface area contributed by atoms with Crippen molar-refractivity contribution in [2.24, 2.45) is 0 Å². The maximum Gasteiger partial charge on any atom is 0.198 e. The molecule has 0 aliphatic rings. The fourth-order valence-corrected chi connectivity index (χ4v) is 1.11. The monoisotopic (exact) mass is 177 g/mol. The molecule has 0 unspecified atom stereocenters. The van der Waals surface area contributed by atoms with E-state index in [0.717, 1.165) is 11.3 Å². The number of hydrogen-bond acceptors (Lipinski definition) is 2. The van der Waals surface area contributed by atoms with Crippen LogP contribution in [0, 0.1) is 5.82 Å². The molecule has 0 amide bonds. The molecular weight excluding hydrogens is 169 g/mol. The number of halogens is 1. The van der Waals surface area contributed by atoms with E-state index in [1.807, 2.05) is 0 Å². The molecule has 0 radical (unpaired) electrons. The van der Waals surface area contributed by atoms with Gasteiger partial charge in [-0.2, -0.15) is 0 Å². The van der Waals surface area contributed by atoms with Crippen molar-refractivity contribution >= 4 is 5.95 Å². The van der Waals surface area contributed by atoms with Gasteiger partial charge >= 0.3 is 0 Å². The molecule has 0 aliphatic heterocycles. The molecule has 1 heterocycles. The second kappa shape index (κ2) is 2.90. The molecule has 2 rings (SSSR count). The average molecular weight is 177 g/mol. The number of nitrogen functional groups attached to an aromatic ring is 1. The number of nitrogens with one attached hydrogen (secondary N) is 1. The molecule has 4 heteroatoms. The van der Waals surface area contributed by atoms with Crippen molar-refractivity contribution in [1.29, 1.82) is 0 Å². The van der Waals surface area contributed by atoms with E-state index in [9.17, 15) is 4.39 Å². The van der Waals surface area contributed by atoms with E-state index in [1.54, 1.807) is 18.3 Å². The van der Waals surface area contributed by atoms with Crippen LogP contribution >= 0.6 is 0 Å². The van der Waals surface area contributed by atoms with Gasteiger partial charge in [0.05, 0.1) is 5.69 Å². The third kappa shape index (κ3) is 1.51. The van der Waals surface area contributed by atoms with Gasteiger partial charge in [-0.1, -0.05) is 0 Å². The zero-order valence-electron chi connectivity index (χ0n) is 6.79. The van der Waals surface area contributed by atoms with Crippen LogP contribution in [0.3, 0.4) is 0 Å². The molecule has 0 aliphatic carbocycles. The third-order valence-corrected chi connectivity index (χ3v) is 1.74. The number of imidazole rings is 1. The van der Waals surface area contributed by atoms with Gasteiger partial charge in [-0.15, -0.1) is 0 Å². The van der Waals surface area contributed by atoms with Gasteiger partial charge in [-0.25, -0.2) is 9.37 Å². The third-order valence-electron chi connectivity index (χ3n) is 1.74. The molecule has 3 N–H and O–H groups in total. The van der Waals surface area contributed by atoms with Crippen LogP contribution in [0.4, 0.5) is 10.3 Å². The SMILES string of the molecule is Nc1nc(-c2ccc(F)cc2)c[nH]1. The first kappa shape index (κ1) is 7.79. The fourth-order valence-electron chi connectivity index (χ4n) is 1.11. The van der Waals surface area contributed by atoms with Gasteiger partial charge in [0.1, 0.15) is 5.82 Å². The number of nitrogens with zero attached hydrogens (tertiary/aromatic N) is 1. The number of rotatable bonds is 1. The highest BCUT2D eigenvalue weighted by Crippen LogP contribution is 2.17. The number of nitrogens with two attached hydrogens (primary N) is 1. The second-order valence-electron chi connectivity index (χ2n) is 2.68. The van der Waals surface area contributed by atoms with Crippen LogP contribution in [0.1, 0.15) is 0 Å². The van der Waals surface area contributed by atoms with Crippen LogP contribution in [0.25, 0.3) is 11.3 Å². The van der Waals surface area contributed by atoms with Crippen molar-refractivity contribution in [1.82, 2.24) is 9.97 Å². The minimum Gasteiger partial charge on any atom is -0.369 e. The predicted molar refractivity (Wildman–Crippen MR) is 48.4 cm³/mol. The summed E-state index contributed by atoms with van der Waals surface area (Å²) in [6, 6.07) is 6.09. The lowest BCUT2D eigenvalue weighted by Gasteiger charge is -1.94. The van der Waals surface area contributed by atoms with Gasteiger partial charge in [0, 0.05) is 11.8 Å². The Morgan fingerprint density at radius 2 is 1.92 bits per heavy atom. The van der Waals surface area contributed by atoms with Gasteiger partial charge in [0.25, 0.3) is 0 Å². The maximum absolute atomic E-state index is 12.6. The minimum atomic E-state index is -0.257. The smallest absolute Gasteiger partial charge is 0.198 e. The van der Waals surface area contributed by atoms with E-state index >= 15 is 0 Å². The summed E-state index contributed by atoms with van der Waals surface area (Å²) in [7, 11) is 0. The highest BCUT2D eigenvalue weighted by atomic mass is 19.1. The summed E-state index contributed by atoms with van der Waals surface area (Å²) in [5.74, 6) is 0.103. The van der Waals surface area contributed by atoms with Gasteiger partial charge in [-0.05, 0) is 24.3 Å². The highest BCUT2D eigenvalue weighted by molar-refractivity contribution is 5.59. The first-order chi connectivity index (χ1) is 6.25. The van der Waals surface area contributed by atoms with Crippen molar-refractivity contribution in [2.45, 2.75) is 0 Å². The first-order valence-corrected chi connectivity index (χ1v) is 3.82. The Bertz CT molecular complexity index is 405. The van der Waals surface area contributed by atoms with Crippen molar-refractivity contribution in [2.75, 3.05) is 5.73 Å². The molecule has 2 aromatic rings. The van der Waals surface area contributed by atoms with Crippen LogP contribution < -0.4 is 5.73 Å². The molecule has 0 saturated heterocycles. The highest BCUT2D eigenvalue weighted by Gasteiger charge is 2.00. The predicted octanol–water partition coefficient (Wildman–Crippen LogP) is 1.80. The molecule has 0 atom stereocenters. The zero-order chi connectivity index (χ0) is 9.26. The van der Waals surface area contributed by atoms with Crippen LogP contribution in [0.15, 0.2) is 30.5 Å². The molecule has 0 bridgehead atoms. The van der Waals surface area contributed by atoms with Crippen LogP contribution in [-0.4, -0.2) is 9.97 Å². The lowest BCUT2D eigenvalue weighted by atomic mass is 10.2. The summed E-state index contributed by atoms with van der Waals surface area (Å²) in [6.45, 7) is 0. The Morgan fingerprint density at radius 3 is 2.46 bits per heavy atom. The topological polar surface area (TPSA) is 54.7 Å². The first-order valence-electron chi connectivity index (χ1n) is 3.82. The van der Waals surface area contributed by atoms with E-state index in [1.165, 1.54) is 12.1 Å². The van der Waals surface area contributed by atoms with Crippen molar-refractivity contribution in [3.63, 3.8) is 0 Å². The number of anilines is 1. The summed E-state index contributed by atoms with van der Waals surface area (Å²) in [4.78, 5) is 6.77. The average Bonchev–Trinajstić information content (AvgIpc) is 2.53. The molecule has 3 nitrogen and oxygen atoms in total. The number of benzene rings is 1. The zero-order valence-corrected chi connectivity index (χ0v) is 6.79. The fraction of sp³-hybridized carbons (Fsp3) is 0. The summed E-state index contributed by atoms with van der Waals surface area (Å²) in [5.41, 5.74) is 6.97. The van der Waals surface area contributed by atoms with Gasteiger partial charge in [0.15, 0.2) is 5.95 Å².